The molecule has 70 valence electrons. The van der Waals surface area contributed by atoms with Crippen LogP contribution in [0.5, 0.6) is 0 Å². The maximum absolute atomic E-state index is 10.6. The van der Waals surface area contributed by atoms with Gasteiger partial charge in [-0.2, -0.15) is 0 Å². The Morgan fingerprint density at radius 3 is 2.93 bits per heavy atom. The number of aromatic carboxylic acids is 1. The number of anilines is 1. The molecule has 5 heteroatoms. The first kappa shape index (κ1) is 8.43. The molecule has 2 aromatic rings. The highest BCUT2D eigenvalue weighted by Gasteiger charge is 2.04. The molecule has 0 amide bonds. The molecule has 1 aromatic heterocycles. The summed E-state index contributed by atoms with van der Waals surface area (Å²) in [6.45, 7) is 0. The molecule has 0 atom stereocenters. The molecular formula is C9H7N3O2. The van der Waals surface area contributed by atoms with Crippen LogP contribution in [-0.4, -0.2) is 21.0 Å². The second-order valence-electron chi connectivity index (χ2n) is 2.81. The molecule has 0 aliphatic heterocycles. The molecule has 0 spiro atoms. The predicted molar refractivity (Wildman–Crippen MR) is 50.9 cm³/mol. The molecule has 0 aliphatic carbocycles. The number of hydrogen-bond acceptors (Lipinski definition) is 4. The first-order chi connectivity index (χ1) is 6.66. The average molecular weight is 189 g/mol. The maximum Gasteiger partial charge on any atom is 0.335 e. The Bertz CT molecular complexity index is 510. The van der Waals surface area contributed by atoms with Crippen LogP contribution < -0.4 is 5.73 Å². The first-order valence-electron chi connectivity index (χ1n) is 3.92. The highest BCUT2D eigenvalue weighted by atomic mass is 16.4. The number of fused-ring (bicyclic) bond motifs is 1. The highest BCUT2D eigenvalue weighted by Crippen LogP contribution is 2.13. The van der Waals surface area contributed by atoms with Gasteiger partial charge in [-0.1, -0.05) is 0 Å². The van der Waals surface area contributed by atoms with Gasteiger partial charge in [0.15, 0.2) is 0 Å². The summed E-state index contributed by atoms with van der Waals surface area (Å²) >= 11 is 0. The minimum Gasteiger partial charge on any atom is -0.478 e. The molecule has 1 heterocycles. The van der Waals surface area contributed by atoms with Crippen LogP contribution in [0.1, 0.15) is 10.4 Å². The third-order valence-corrected chi connectivity index (χ3v) is 1.85. The number of hydrogen-bond donors (Lipinski definition) is 2. The predicted octanol–water partition coefficient (Wildman–Crippen LogP) is 0.910. The third-order valence-electron chi connectivity index (χ3n) is 1.85. The Morgan fingerprint density at radius 2 is 2.21 bits per heavy atom. The molecule has 2 rings (SSSR count). The van der Waals surface area contributed by atoms with Gasteiger partial charge in [0.05, 0.1) is 11.1 Å². The van der Waals surface area contributed by atoms with Gasteiger partial charge >= 0.3 is 5.97 Å². The van der Waals surface area contributed by atoms with Crippen molar-refractivity contribution in [2.75, 3.05) is 5.73 Å². The van der Waals surface area contributed by atoms with Crippen molar-refractivity contribution < 1.29 is 9.90 Å². The van der Waals surface area contributed by atoms with E-state index in [2.05, 4.69) is 9.97 Å². The summed E-state index contributed by atoms with van der Waals surface area (Å²) in [5.74, 6) is -0.788. The molecule has 0 saturated heterocycles. The maximum atomic E-state index is 10.6. The van der Waals surface area contributed by atoms with Crippen LogP contribution in [0.25, 0.3) is 10.9 Å². The highest BCUT2D eigenvalue weighted by molar-refractivity contribution is 5.93. The summed E-state index contributed by atoms with van der Waals surface area (Å²) in [6.07, 6.45) is 1.50. The average Bonchev–Trinajstić information content (AvgIpc) is 2.16. The SMILES string of the molecule is Nc1ncc2cc(C(=O)O)ccc2n1. The molecule has 0 radical (unpaired) electrons. The van der Waals surface area contributed by atoms with Crippen molar-refractivity contribution in [2.45, 2.75) is 0 Å². The number of nitrogen functional groups attached to an aromatic ring is 1. The number of benzene rings is 1. The minimum atomic E-state index is -0.969. The summed E-state index contributed by atoms with van der Waals surface area (Å²) < 4.78 is 0. The van der Waals surface area contributed by atoms with E-state index in [9.17, 15) is 4.79 Å². The monoisotopic (exact) mass is 189 g/mol. The van der Waals surface area contributed by atoms with E-state index in [0.29, 0.717) is 10.9 Å². The van der Waals surface area contributed by atoms with Crippen molar-refractivity contribution in [1.82, 2.24) is 9.97 Å². The quantitative estimate of drug-likeness (QED) is 0.695. The number of rotatable bonds is 1. The molecule has 3 N–H and O–H groups in total. The van der Waals surface area contributed by atoms with Gasteiger partial charge in [0.1, 0.15) is 0 Å². The normalized spacial score (nSPS) is 10.3. The topological polar surface area (TPSA) is 89.1 Å². The first-order valence-corrected chi connectivity index (χ1v) is 3.92. The molecule has 0 saturated carbocycles. The summed E-state index contributed by atoms with van der Waals surface area (Å²) in [6, 6.07) is 4.60. The standard InChI is InChI=1S/C9H7N3O2/c10-9-11-4-6-3-5(8(13)14)1-2-7(6)12-9/h1-4H,(H,13,14)(H2,10,11,12). The van der Waals surface area contributed by atoms with Crippen LogP contribution in [0.4, 0.5) is 5.95 Å². The zero-order valence-electron chi connectivity index (χ0n) is 7.14. The fourth-order valence-electron chi connectivity index (χ4n) is 1.18. The Balaban J connectivity index is 2.67. The van der Waals surface area contributed by atoms with Crippen molar-refractivity contribution in [3.8, 4) is 0 Å². The number of carboxylic acids is 1. The van der Waals surface area contributed by atoms with Gasteiger partial charge in [0.25, 0.3) is 0 Å². The van der Waals surface area contributed by atoms with Crippen LogP contribution in [0.15, 0.2) is 24.4 Å². The lowest BCUT2D eigenvalue weighted by Crippen LogP contribution is -1.98. The second kappa shape index (κ2) is 2.95. The van der Waals surface area contributed by atoms with E-state index in [0.717, 1.165) is 0 Å². The van der Waals surface area contributed by atoms with E-state index < -0.39 is 5.97 Å². The van der Waals surface area contributed by atoms with Gasteiger partial charge in [-0.15, -0.1) is 0 Å². The second-order valence-corrected chi connectivity index (χ2v) is 2.81. The summed E-state index contributed by atoms with van der Waals surface area (Å²) in [5.41, 5.74) is 6.24. The van der Waals surface area contributed by atoms with Crippen molar-refractivity contribution >= 4 is 22.8 Å². The van der Waals surface area contributed by atoms with Gasteiger partial charge < -0.3 is 10.8 Å². The van der Waals surface area contributed by atoms with Gasteiger partial charge in [-0.3, -0.25) is 0 Å². The van der Waals surface area contributed by atoms with Crippen molar-refractivity contribution in [3.63, 3.8) is 0 Å². The van der Waals surface area contributed by atoms with Gasteiger partial charge in [-0.25, -0.2) is 14.8 Å². The Labute approximate surface area is 79.2 Å². The third kappa shape index (κ3) is 1.35. The Morgan fingerprint density at radius 1 is 1.43 bits per heavy atom. The van der Waals surface area contributed by atoms with Gasteiger partial charge in [0, 0.05) is 11.6 Å². The van der Waals surface area contributed by atoms with Crippen molar-refractivity contribution in [1.29, 1.82) is 0 Å². The van der Waals surface area contributed by atoms with Crippen LogP contribution in [-0.2, 0) is 0 Å². The Kier molecular flexibility index (Phi) is 1.78. The molecule has 1 aromatic carbocycles. The lowest BCUT2D eigenvalue weighted by Gasteiger charge is -1.99. The molecule has 0 aliphatic rings. The summed E-state index contributed by atoms with van der Waals surface area (Å²) in [7, 11) is 0. The van der Waals surface area contributed by atoms with E-state index in [1.54, 1.807) is 6.07 Å². The molecule has 5 nitrogen and oxygen atoms in total. The smallest absolute Gasteiger partial charge is 0.335 e. The molecule has 0 bridgehead atoms. The van der Waals surface area contributed by atoms with Crippen molar-refractivity contribution in [3.05, 3.63) is 30.0 Å². The fraction of sp³-hybridized carbons (Fsp3) is 0. The number of nitrogens with zero attached hydrogens (tertiary/aromatic N) is 2. The van der Waals surface area contributed by atoms with Crippen molar-refractivity contribution in [2.24, 2.45) is 0 Å². The zero-order valence-corrected chi connectivity index (χ0v) is 7.14. The van der Waals surface area contributed by atoms with E-state index in [1.807, 2.05) is 0 Å². The summed E-state index contributed by atoms with van der Waals surface area (Å²) in [5, 5.41) is 9.40. The lowest BCUT2D eigenvalue weighted by atomic mass is 10.1. The van der Waals surface area contributed by atoms with Gasteiger partial charge in [0.2, 0.25) is 5.95 Å². The Hall–Kier alpha value is -2.17. The van der Waals surface area contributed by atoms with Gasteiger partial charge in [-0.05, 0) is 18.2 Å². The zero-order chi connectivity index (χ0) is 10.1. The molecule has 14 heavy (non-hydrogen) atoms. The van der Waals surface area contributed by atoms with Crippen LogP contribution in [0.2, 0.25) is 0 Å². The minimum absolute atomic E-state index is 0.181. The largest absolute Gasteiger partial charge is 0.478 e. The lowest BCUT2D eigenvalue weighted by molar-refractivity contribution is 0.0697. The molecule has 0 unspecified atom stereocenters. The van der Waals surface area contributed by atoms with E-state index >= 15 is 0 Å². The number of nitrogens with two attached hydrogens (primary N) is 1. The van der Waals surface area contributed by atoms with E-state index in [-0.39, 0.29) is 11.5 Å². The van der Waals surface area contributed by atoms with Crippen LogP contribution in [0.3, 0.4) is 0 Å². The number of aromatic nitrogens is 2. The fourth-order valence-corrected chi connectivity index (χ4v) is 1.18. The van der Waals surface area contributed by atoms with E-state index in [4.69, 9.17) is 10.8 Å². The molecular weight excluding hydrogens is 182 g/mol. The number of carboxylic acid groups (broad SMARTS) is 1. The van der Waals surface area contributed by atoms with Crippen LogP contribution in [0, 0.1) is 0 Å². The van der Waals surface area contributed by atoms with Crippen LogP contribution >= 0.6 is 0 Å². The number of carbonyl (C=O) groups is 1. The molecule has 0 fully saturated rings. The summed E-state index contributed by atoms with van der Waals surface area (Å²) in [4.78, 5) is 18.4. The van der Waals surface area contributed by atoms with E-state index in [1.165, 1.54) is 18.3 Å².